The second kappa shape index (κ2) is 50.9. The maximum Gasteiger partial charge on any atom is 0.306 e. The Bertz CT molecular complexity index is 1430. The maximum atomic E-state index is 13.1. The molecule has 0 spiro atoms. The van der Waals surface area contributed by atoms with Crippen LogP contribution in [0.2, 0.25) is 0 Å². The molecule has 2 rings (SSSR count). The Labute approximate surface area is 474 Å². The van der Waals surface area contributed by atoms with Crippen molar-refractivity contribution in [3.05, 3.63) is 36.5 Å². The van der Waals surface area contributed by atoms with Gasteiger partial charge in [-0.2, -0.15) is 0 Å². The normalized spacial score (nSPS) is 24.3. The zero-order valence-corrected chi connectivity index (χ0v) is 49.4. The number of carbonyl (C=O) groups excluding carboxylic acids is 1. The van der Waals surface area contributed by atoms with Crippen molar-refractivity contribution in [3.63, 3.8) is 0 Å². The number of hydrogen-bond acceptors (Lipinski definition) is 14. The third-order valence-corrected chi connectivity index (χ3v) is 15.4. The summed E-state index contributed by atoms with van der Waals surface area (Å²) in [5.74, 6) is -0.374. The van der Waals surface area contributed by atoms with E-state index in [4.69, 9.17) is 28.4 Å². The van der Waals surface area contributed by atoms with E-state index in [1.54, 1.807) is 0 Å². The highest BCUT2D eigenvalue weighted by Crippen LogP contribution is 2.27. The number of allylic oxidation sites excluding steroid dienone is 6. The van der Waals surface area contributed by atoms with Crippen LogP contribution in [0.15, 0.2) is 36.5 Å². The van der Waals surface area contributed by atoms with Gasteiger partial charge in [-0.3, -0.25) is 4.79 Å². The van der Waals surface area contributed by atoms with E-state index in [9.17, 15) is 40.5 Å². The third kappa shape index (κ3) is 36.6. The molecule has 14 nitrogen and oxygen atoms in total. The van der Waals surface area contributed by atoms with Gasteiger partial charge in [-0.1, -0.05) is 224 Å². The van der Waals surface area contributed by atoms with Crippen LogP contribution >= 0.6 is 0 Å². The lowest BCUT2D eigenvalue weighted by molar-refractivity contribution is -0.332. The van der Waals surface area contributed by atoms with Crippen molar-refractivity contribution in [2.45, 2.75) is 332 Å². The Hall–Kier alpha value is -1.79. The van der Waals surface area contributed by atoms with E-state index < -0.39 is 80.7 Å². The van der Waals surface area contributed by atoms with Crippen molar-refractivity contribution in [1.29, 1.82) is 0 Å². The van der Waals surface area contributed by atoms with Crippen LogP contribution in [-0.4, -0.2) is 142 Å². The van der Waals surface area contributed by atoms with Crippen molar-refractivity contribution in [2.75, 3.05) is 33.0 Å². The highest BCUT2D eigenvalue weighted by atomic mass is 16.7. The summed E-state index contributed by atoms with van der Waals surface area (Å²) >= 11 is 0. The standard InChI is InChI=1S/C64H118O14/c1-3-5-7-9-11-13-15-17-19-21-23-24-25-26-27-28-29-31-33-35-37-39-41-43-45-47-56(66)76-53(50-73-48-46-44-42-40-38-36-34-32-30-22-20-18-16-14-12-10-8-6-4-2)51-74-63-62(72)60(70)58(68)55(78-63)52-75-64-61(71)59(69)57(67)54(49-65)77-64/h15,17,20-23,53-55,57-65,67-72H,3-14,16,18-19,24-52H2,1-2H3/b17-15-,22-20-,23-21-. The van der Waals surface area contributed by atoms with Gasteiger partial charge in [0.25, 0.3) is 0 Å². The van der Waals surface area contributed by atoms with Gasteiger partial charge >= 0.3 is 5.97 Å². The van der Waals surface area contributed by atoms with E-state index in [0.29, 0.717) is 13.0 Å². The fourth-order valence-corrected chi connectivity index (χ4v) is 10.2. The van der Waals surface area contributed by atoms with Crippen LogP contribution < -0.4 is 0 Å². The molecule has 78 heavy (non-hydrogen) atoms. The summed E-state index contributed by atoms with van der Waals surface area (Å²) in [7, 11) is 0. The predicted octanol–water partition coefficient (Wildman–Crippen LogP) is 12.5. The van der Waals surface area contributed by atoms with E-state index in [-0.39, 0.29) is 25.6 Å². The summed E-state index contributed by atoms with van der Waals surface area (Å²) in [5.41, 5.74) is 0. The van der Waals surface area contributed by atoms with E-state index >= 15 is 0 Å². The number of ether oxygens (including phenoxy) is 6. The van der Waals surface area contributed by atoms with Crippen molar-refractivity contribution in [3.8, 4) is 0 Å². The Morgan fingerprint density at radius 2 is 0.795 bits per heavy atom. The van der Waals surface area contributed by atoms with Crippen LogP contribution in [0.3, 0.4) is 0 Å². The minimum absolute atomic E-state index is 0.0616. The molecule has 0 aliphatic carbocycles. The lowest BCUT2D eigenvalue weighted by Gasteiger charge is -2.42. The SMILES string of the molecule is CCCCCCC/C=C\C/C=C\CCCCCCCCCCCCCCCC(=O)OC(COCCCCCCCCCC/C=C\CCCCCCCCC)COC1OC(COC2OC(CO)C(O)C(O)C2O)C(O)C(O)C1O. The summed E-state index contributed by atoms with van der Waals surface area (Å²) in [6, 6.07) is 0. The molecule has 2 aliphatic rings. The number of carbonyl (C=O) groups is 1. The van der Waals surface area contributed by atoms with Crippen LogP contribution in [0.4, 0.5) is 0 Å². The Morgan fingerprint density at radius 1 is 0.423 bits per heavy atom. The molecule has 11 unspecified atom stereocenters. The quantitative estimate of drug-likeness (QED) is 0.0172. The third-order valence-electron chi connectivity index (χ3n) is 15.4. The summed E-state index contributed by atoms with van der Waals surface area (Å²) in [5, 5.41) is 72.5. The predicted molar refractivity (Wildman–Crippen MR) is 312 cm³/mol. The van der Waals surface area contributed by atoms with Crippen LogP contribution in [0.25, 0.3) is 0 Å². The molecule has 14 heteroatoms. The average Bonchev–Trinajstić information content (AvgIpc) is 3.44. The van der Waals surface area contributed by atoms with Crippen LogP contribution in [0, 0.1) is 0 Å². The van der Waals surface area contributed by atoms with E-state index in [1.165, 1.54) is 193 Å². The van der Waals surface area contributed by atoms with Crippen molar-refractivity contribution >= 4 is 5.97 Å². The highest BCUT2D eigenvalue weighted by Gasteiger charge is 2.47. The molecule has 2 saturated heterocycles. The molecule has 0 amide bonds. The average molecular weight is 1110 g/mol. The lowest BCUT2D eigenvalue weighted by atomic mass is 9.98. The summed E-state index contributed by atoms with van der Waals surface area (Å²) in [4.78, 5) is 13.1. The molecule has 2 heterocycles. The first kappa shape index (κ1) is 72.3. The smallest absolute Gasteiger partial charge is 0.306 e. The van der Waals surface area contributed by atoms with Crippen LogP contribution in [-0.2, 0) is 33.2 Å². The molecule has 0 radical (unpaired) electrons. The minimum atomic E-state index is -1.71. The molecular formula is C64H118O14. The monoisotopic (exact) mass is 1110 g/mol. The lowest BCUT2D eigenvalue weighted by Crippen LogP contribution is -2.61. The van der Waals surface area contributed by atoms with Gasteiger partial charge < -0.3 is 64.2 Å². The second-order valence-corrected chi connectivity index (χ2v) is 22.6. The van der Waals surface area contributed by atoms with Crippen LogP contribution in [0.1, 0.15) is 264 Å². The van der Waals surface area contributed by atoms with E-state index in [1.807, 2.05) is 0 Å². The Kier molecular flexibility index (Phi) is 47.2. The molecule has 2 aliphatic heterocycles. The second-order valence-electron chi connectivity index (χ2n) is 22.6. The van der Waals surface area contributed by atoms with Gasteiger partial charge in [-0.05, 0) is 70.6 Å². The number of unbranched alkanes of at least 4 members (excludes halogenated alkanes) is 33. The number of aliphatic hydroxyl groups excluding tert-OH is 7. The summed E-state index contributed by atoms with van der Waals surface area (Å²) in [6.45, 7) is 3.72. The molecule has 458 valence electrons. The Balaban J connectivity index is 1.67. The first-order valence-corrected chi connectivity index (χ1v) is 32.1. The topological polar surface area (TPSA) is 214 Å². The fourth-order valence-electron chi connectivity index (χ4n) is 10.2. The van der Waals surface area contributed by atoms with Crippen LogP contribution in [0.5, 0.6) is 0 Å². The van der Waals surface area contributed by atoms with Crippen molar-refractivity contribution in [1.82, 2.24) is 0 Å². The van der Waals surface area contributed by atoms with Crippen molar-refractivity contribution in [2.24, 2.45) is 0 Å². The molecule has 0 aromatic carbocycles. The van der Waals surface area contributed by atoms with Gasteiger partial charge in [0.15, 0.2) is 12.6 Å². The molecule has 2 fully saturated rings. The molecule has 7 N–H and O–H groups in total. The van der Waals surface area contributed by atoms with E-state index in [0.717, 1.165) is 44.9 Å². The number of hydrogen-bond donors (Lipinski definition) is 7. The first-order valence-electron chi connectivity index (χ1n) is 32.1. The zero-order valence-electron chi connectivity index (χ0n) is 49.4. The summed E-state index contributed by atoms with van der Waals surface area (Å²) in [6.07, 6.45) is 44.9. The molecule has 0 aromatic heterocycles. The van der Waals surface area contributed by atoms with Crippen molar-refractivity contribution < 1.29 is 69.0 Å². The van der Waals surface area contributed by atoms with Gasteiger partial charge in [0, 0.05) is 13.0 Å². The van der Waals surface area contributed by atoms with Gasteiger partial charge in [-0.15, -0.1) is 0 Å². The molecule has 0 aromatic rings. The largest absolute Gasteiger partial charge is 0.457 e. The van der Waals surface area contributed by atoms with E-state index in [2.05, 4.69) is 50.3 Å². The van der Waals surface area contributed by atoms with Gasteiger partial charge in [0.05, 0.1) is 26.4 Å². The molecular weight excluding hydrogens is 993 g/mol. The number of rotatable bonds is 53. The zero-order chi connectivity index (χ0) is 56.5. The molecule has 0 saturated carbocycles. The van der Waals surface area contributed by atoms with Gasteiger partial charge in [0.2, 0.25) is 0 Å². The minimum Gasteiger partial charge on any atom is -0.457 e. The number of esters is 1. The summed E-state index contributed by atoms with van der Waals surface area (Å²) < 4.78 is 34.5. The first-order chi connectivity index (χ1) is 38.1. The molecule has 11 atom stereocenters. The van der Waals surface area contributed by atoms with Gasteiger partial charge in [-0.25, -0.2) is 0 Å². The number of aliphatic hydroxyl groups is 7. The molecule has 0 bridgehead atoms. The highest BCUT2D eigenvalue weighted by molar-refractivity contribution is 5.69. The maximum absolute atomic E-state index is 13.1. The Morgan fingerprint density at radius 3 is 1.24 bits per heavy atom. The van der Waals surface area contributed by atoms with Gasteiger partial charge in [0.1, 0.15) is 54.9 Å². The fraction of sp³-hybridized carbons (Fsp3) is 0.891.